The van der Waals surface area contributed by atoms with Gasteiger partial charge in [-0.05, 0) is 52.3 Å². The Morgan fingerprint density at radius 1 is 1.30 bits per heavy atom. The van der Waals surface area contributed by atoms with Crippen molar-refractivity contribution in [2.24, 2.45) is 11.1 Å². The van der Waals surface area contributed by atoms with Crippen LogP contribution in [-0.2, 0) is 11.3 Å². The van der Waals surface area contributed by atoms with Crippen LogP contribution in [0.4, 0.5) is 0 Å². The van der Waals surface area contributed by atoms with Gasteiger partial charge in [-0.1, -0.05) is 12.1 Å². The smallest absolute Gasteiger partial charge is 0.227 e. The summed E-state index contributed by atoms with van der Waals surface area (Å²) in [5, 5.41) is 2.94. The van der Waals surface area contributed by atoms with E-state index in [1.165, 1.54) is 0 Å². The van der Waals surface area contributed by atoms with E-state index >= 15 is 0 Å². The molecule has 112 valence electrons. The Kier molecular flexibility index (Phi) is 5.17. The summed E-state index contributed by atoms with van der Waals surface area (Å²) in [5.74, 6) is 0.768. The zero-order chi connectivity index (χ0) is 15.4. The molecule has 0 unspecified atom stereocenters. The van der Waals surface area contributed by atoms with Crippen molar-refractivity contribution in [1.82, 2.24) is 5.32 Å². The standard InChI is InChI=1S/C16H26N2O2/c1-6-20-13-9-7-8-12(10-13)11-18-14(19)15(2,3)16(4,5)17/h7-10H,6,11,17H2,1-5H3,(H,18,19). The van der Waals surface area contributed by atoms with Crippen molar-refractivity contribution in [3.05, 3.63) is 29.8 Å². The van der Waals surface area contributed by atoms with Crippen molar-refractivity contribution in [1.29, 1.82) is 0 Å². The number of nitrogens with two attached hydrogens (primary N) is 1. The lowest BCUT2D eigenvalue weighted by molar-refractivity contribution is -0.132. The fourth-order valence-electron chi connectivity index (χ4n) is 1.61. The van der Waals surface area contributed by atoms with Crippen LogP contribution in [0.15, 0.2) is 24.3 Å². The highest BCUT2D eigenvalue weighted by atomic mass is 16.5. The van der Waals surface area contributed by atoms with E-state index in [0.29, 0.717) is 13.2 Å². The molecule has 4 heteroatoms. The lowest BCUT2D eigenvalue weighted by Crippen LogP contribution is -2.55. The Morgan fingerprint density at radius 3 is 2.50 bits per heavy atom. The minimum Gasteiger partial charge on any atom is -0.494 e. The average molecular weight is 278 g/mol. The van der Waals surface area contributed by atoms with E-state index in [1.807, 2.05) is 58.9 Å². The maximum atomic E-state index is 12.3. The minimum absolute atomic E-state index is 0.0492. The molecule has 3 N–H and O–H groups in total. The molecule has 0 saturated heterocycles. The molecule has 1 aromatic rings. The van der Waals surface area contributed by atoms with E-state index in [0.717, 1.165) is 11.3 Å². The Labute approximate surface area is 121 Å². The second-order valence-electron chi connectivity index (χ2n) is 6.11. The molecule has 1 aromatic carbocycles. The lowest BCUT2D eigenvalue weighted by Gasteiger charge is -2.36. The molecule has 0 heterocycles. The molecule has 0 radical (unpaired) electrons. The monoisotopic (exact) mass is 278 g/mol. The number of hydrogen-bond donors (Lipinski definition) is 2. The van der Waals surface area contributed by atoms with Crippen molar-refractivity contribution in [2.45, 2.75) is 46.7 Å². The molecule has 0 aliphatic rings. The molecule has 20 heavy (non-hydrogen) atoms. The number of carbonyl (C=O) groups excluding carboxylic acids is 1. The molecule has 0 bridgehead atoms. The molecule has 0 spiro atoms. The highest BCUT2D eigenvalue weighted by Gasteiger charge is 2.40. The van der Waals surface area contributed by atoms with E-state index in [-0.39, 0.29) is 5.91 Å². The zero-order valence-corrected chi connectivity index (χ0v) is 13.1. The van der Waals surface area contributed by atoms with Gasteiger partial charge in [-0.3, -0.25) is 4.79 Å². The highest BCUT2D eigenvalue weighted by molar-refractivity contribution is 5.83. The van der Waals surface area contributed by atoms with Gasteiger partial charge in [0, 0.05) is 12.1 Å². The number of rotatable bonds is 6. The van der Waals surface area contributed by atoms with Crippen molar-refractivity contribution >= 4 is 5.91 Å². The number of carbonyl (C=O) groups is 1. The third-order valence-corrected chi connectivity index (χ3v) is 3.84. The summed E-state index contributed by atoms with van der Waals surface area (Å²) >= 11 is 0. The van der Waals surface area contributed by atoms with Gasteiger partial charge in [0.1, 0.15) is 5.75 Å². The van der Waals surface area contributed by atoms with Crippen molar-refractivity contribution in [3.63, 3.8) is 0 Å². The molecule has 0 saturated carbocycles. The fraction of sp³-hybridized carbons (Fsp3) is 0.562. The molecule has 0 atom stereocenters. The molecular weight excluding hydrogens is 252 g/mol. The van der Waals surface area contributed by atoms with E-state index in [2.05, 4.69) is 5.32 Å². The second kappa shape index (κ2) is 6.27. The summed E-state index contributed by atoms with van der Waals surface area (Å²) in [6.45, 7) is 10.5. The molecule has 4 nitrogen and oxygen atoms in total. The van der Waals surface area contributed by atoms with Crippen molar-refractivity contribution < 1.29 is 9.53 Å². The van der Waals surface area contributed by atoms with E-state index in [4.69, 9.17) is 10.5 Å². The van der Waals surface area contributed by atoms with Crippen LogP contribution in [0.2, 0.25) is 0 Å². The second-order valence-corrected chi connectivity index (χ2v) is 6.11. The molecule has 0 aromatic heterocycles. The van der Waals surface area contributed by atoms with Crippen LogP contribution in [0.5, 0.6) is 5.75 Å². The van der Waals surface area contributed by atoms with Gasteiger partial charge < -0.3 is 15.8 Å². The molecule has 0 fully saturated rings. The maximum absolute atomic E-state index is 12.3. The number of hydrogen-bond acceptors (Lipinski definition) is 3. The van der Waals surface area contributed by atoms with E-state index < -0.39 is 11.0 Å². The highest BCUT2D eigenvalue weighted by Crippen LogP contribution is 2.28. The molecule has 0 aliphatic heterocycles. The SMILES string of the molecule is CCOc1cccc(CNC(=O)C(C)(C)C(C)(C)N)c1. The van der Waals surface area contributed by atoms with Gasteiger partial charge in [0.15, 0.2) is 0 Å². The van der Waals surface area contributed by atoms with Gasteiger partial charge in [-0.2, -0.15) is 0 Å². The first-order valence-electron chi connectivity index (χ1n) is 6.97. The summed E-state index contributed by atoms with van der Waals surface area (Å²) < 4.78 is 5.44. The molecule has 0 aliphatic carbocycles. The van der Waals surface area contributed by atoms with Gasteiger partial charge in [-0.25, -0.2) is 0 Å². The predicted molar refractivity (Wildman–Crippen MR) is 81.5 cm³/mol. The van der Waals surface area contributed by atoms with Crippen LogP contribution in [0.25, 0.3) is 0 Å². The molecule has 1 rings (SSSR count). The first-order valence-corrected chi connectivity index (χ1v) is 6.97. The first kappa shape index (κ1) is 16.5. The van der Waals surface area contributed by atoms with Crippen LogP contribution in [0.1, 0.15) is 40.2 Å². The topological polar surface area (TPSA) is 64.3 Å². The van der Waals surface area contributed by atoms with Crippen LogP contribution in [-0.4, -0.2) is 18.1 Å². The quantitative estimate of drug-likeness (QED) is 0.840. The normalized spacial score (nSPS) is 12.1. The Morgan fingerprint density at radius 2 is 1.95 bits per heavy atom. The van der Waals surface area contributed by atoms with Crippen LogP contribution in [0, 0.1) is 5.41 Å². The van der Waals surface area contributed by atoms with Gasteiger partial charge in [-0.15, -0.1) is 0 Å². The summed E-state index contributed by atoms with van der Waals surface area (Å²) in [5.41, 5.74) is 5.86. The van der Waals surface area contributed by atoms with Gasteiger partial charge >= 0.3 is 0 Å². The fourth-order valence-corrected chi connectivity index (χ4v) is 1.61. The summed E-state index contributed by atoms with van der Waals surface area (Å²) in [7, 11) is 0. The van der Waals surface area contributed by atoms with E-state index in [1.54, 1.807) is 0 Å². The first-order chi connectivity index (χ1) is 9.18. The number of benzene rings is 1. The van der Waals surface area contributed by atoms with E-state index in [9.17, 15) is 4.79 Å². The van der Waals surface area contributed by atoms with Crippen LogP contribution < -0.4 is 15.8 Å². The molecular formula is C16H26N2O2. The van der Waals surface area contributed by atoms with Crippen molar-refractivity contribution in [3.8, 4) is 5.75 Å². The Balaban J connectivity index is 2.68. The number of amides is 1. The Hall–Kier alpha value is -1.55. The lowest BCUT2D eigenvalue weighted by atomic mass is 9.74. The summed E-state index contributed by atoms with van der Waals surface area (Å²) in [4.78, 5) is 12.3. The Bertz CT molecular complexity index is 462. The largest absolute Gasteiger partial charge is 0.494 e. The van der Waals surface area contributed by atoms with Gasteiger partial charge in [0.05, 0.1) is 12.0 Å². The maximum Gasteiger partial charge on any atom is 0.227 e. The van der Waals surface area contributed by atoms with Crippen LogP contribution in [0.3, 0.4) is 0 Å². The summed E-state index contributed by atoms with van der Waals surface area (Å²) in [6, 6.07) is 7.72. The van der Waals surface area contributed by atoms with Gasteiger partial charge in [0.25, 0.3) is 0 Å². The third kappa shape index (κ3) is 3.97. The summed E-state index contributed by atoms with van der Waals surface area (Å²) in [6.07, 6.45) is 0. The number of ether oxygens (including phenoxy) is 1. The predicted octanol–water partition coefficient (Wildman–Crippen LogP) is 2.46. The zero-order valence-electron chi connectivity index (χ0n) is 13.1. The minimum atomic E-state index is -0.634. The van der Waals surface area contributed by atoms with Crippen molar-refractivity contribution in [2.75, 3.05) is 6.61 Å². The molecule has 1 amide bonds. The third-order valence-electron chi connectivity index (χ3n) is 3.84. The van der Waals surface area contributed by atoms with Gasteiger partial charge in [0.2, 0.25) is 5.91 Å². The van der Waals surface area contributed by atoms with Crippen LogP contribution >= 0.6 is 0 Å². The average Bonchev–Trinajstić information content (AvgIpc) is 2.35. The number of nitrogens with one attached hydrogen (secondary N) is 1.